The first-order valence-electron chi connectivity index (χ1n) is 8.83. The fourth-order valence-corrected chi connectivity index (χ4v) is 3.54. The average Bonchev–Trinajstić information content (AvgIpc) is 2.91. The van der Waals surface area contributed by atoms with Gasteiger partial charge in [-0.2, -0.15) is 0 Å². The normalized spacial score (nSPS) is 11.8. The Morgan fingerprint density at radius 2 is 1.69 bits per heavy atom. The van der Waals surface area contributed by atoms with Crippen LogP contribution in [0.4, 0.5) is 0 Å². The summed E-state index contributed by atoms with van der Waals surface area (Å²) in [4.78, 5) is 17.5. The van der Waals surface area contributed by atoms with Crippen LogP contribution in [0.15, 0.2) is 53.3 Å². The quantitative estimate of drug-likeness (QED) is 0.553. The number of fused-ring (bicyclic) bond motifs is 2. The Labute approximate surface area is 152 Å². The van der Waals surface area contributed by atoms with Gasteiger partial charge in [0.05, 0.1) is 10.9 Å². The summed E-state index contributed by atoms with van der Waals surface area (Å²) >= 11 is 0. The Hall–Kier alpha value is -3.14. The van der Waals surface area contributed by atoms with E-state index in [1.165, 1.54) is 16.6 Å². The second-order valence-electron chi connectivity index (χ2n) is 6.45. The minimum atomic E-state index is 0.00684. The number of benzene rings is 2. The topological polar surface area (TPSA) is 39.8 Å². The molecular weight excluding hydrogens is 322 g/mol. The van der Waals surface area contributed by atoms with Crippen LogP contribution in [0.2, 0.25) is 0 Å². The van der Waals surface area contributed by atoms with Gasteiger partial charge in [0.1, 0.15) is 5.82 Å². The lowest BCUT2D eigenvalue weighted by Crippen LogP contribution is -2.22. The fraction of sp³-hybridized carbons (Fsp3) is 0.182. The van der Waals surface area contributed by atoms with E-state index in [1.807, 2.05) is 37.3 Å². The van der Waals surface area contributed by atoms with Gasteiger partial charge in [0.2, 0.25) is 0 Å². The molecule has 2 aromatic carbocycles. The third kappa shape index (κ3) is 2.46. The van der Waals surface area contributed by atoms with E-state index in [1.54, 1.807) is 4.57 Å². The largest absolute Gasteiger partial charge is 0.347 e. The van der Waals surface area contributed by atoms with Gasteiger partial charge < -0.3 is 4.57 Å². The van der Waals surface area contributed by atoms with E-state index < -0.39 is 0 Å². The summed E-state index contributed by atoms with van der Waals surface area (Å²) in [6, 6.07) is 15.9. The molecule has 4 nitrogen and oxygen atoms in total. The number of nitrogens with zero attached hydrogens (tertiary/aromatic N) is 3. The standard InChI is InChI=1S/C22H21N3O/c1-4-25-21(23-19-11-7-5-10-18(19)22(25)26)14-13-16-15(2)24(3)20-12-8-6-9-17(16)20/h5-14H,4H2,1-3H3/b14-13-. The Morgan fingerprint density at radius 3 is 2.46 bits per heavy atom. The minimum Gasteiger partial charge on any atom is -0.347 e. The Kier molecular flexibility index (Phi) is 3.96. The van der Waals surface area contributed by atoms with Crippen LogP contribution >= 0.6 is 0 Å². The molecule has 0 radical (unpaired) electrons. The van der Waals surface area contributed by atoms with E-state index in [4.69, 9.17) is 4.98 Å². The van der Waals surface area contributed by atoms with Crippen molar-refractivity contribution in [1.82, 2.24) is 14.1 Å². The molecule has 0 atom stereocenters. The monoisotopic (exact) mass is 343 g/mol. The molecule has 0 unspecified atom stereocenters. The average molecular weight is 343 g/mol. The van der Waals surface area contributed by atoms with Crippen molar-refractivity contribution in [2.45, 2.75) is 20.4 Å². The molecule has 0 aliphatic heterocycles. The molecule has 0 fully saturated rings. The van der Waals surface area contributed by atoms with Crippen molar-refractivity contribution in [2.24, 2.45) is 7.05 Å². The van der Waals surface area contributed by atoms with Crippen LogP contribution in [0, 0.1) is 6.92 Å². The van der Waals surface area contributed by atoms with Crippen molar-refractivity contribution in [3.05, 3.63) is 76.0 Å². The first kappa shape index (κ1) is 16.3. The molecule has 4 rings (SSSR count). The summed E-state index contributed by atoms with van der Waals surface area (Å²) in [6.45, 7) is 4.67. The second-order valence-corrected chi connectivity index (χ2v) is 6.45. The van der Waals surface area contributed by atoms with Crippen molar-refractivity contribution < 1.29 is 0 Å². The van der Waals surface area contributed by atoms with Crippen LogP contribution in [0.25, 0.3) is 34.0 Å². The third-order valence-electron chi connectivity index (χ3n) is 5.05. The molecule has 26 heavy (non-hydrogen) atoms. The van der Waals surface area contributed by atoms with Crippen LogP contribution < -0.4 is 5.56 Å². The predicted octanol–water partition coefficient (Wildman–Crippen LogP) is 4.39. The number of para-hydroxylation sites is 2. The van der Waals surface area contributed by atoms with Gasteiger partial charge in [0.15, 0.2) is 0 Å². The maximum atomic E-state index is 12.8. The molecule has 0 aliphatic rings. The van der Waals surface area contributed by atoms with E-state index in [2.05, 4.69) is 48.9 Å². The number of hydrogen-bond donors (Lipinski definition) is 0. The van der Waals surface area contributed by atoms with E-state index in [0.717, 1.165) is 11.1 Å². The molecule has 0 saturated carbocycles. The van der Waals surface area contributed by atoms with Gasteiger partial charge in [-0.1, -0.05) is 30.3 Å². The summed E-state index contributed by atoms with van der Waals surface area (Å²) in [5.41, 5.74) is 4.29. The molecule has 2 heterocycles. The van der Waals surface area contributed by atoms with Gasteiger partial charge in [-0.3, -0.25) is 9.36 Å². The molecule has 0 amide bonds. The molecular formula is C22H21N3O. The lowest BCUT2D eigenvalue weighted by atomic mass is 10.1. The summed E-state index contributed by atoms with van der Waals surface area (Å²) in [5, 5.41) is 1.86. The van der Waals surface area contributed by atoms with E-state index in [9.17, 15) is 4.79 Å². The molecule has 4 aromatic rings. The summed E-state index contributed by atoms with van der Waals surface area (Å²) in [5.74, 6) is 0.684. The molecule has 4 heteroatoms. The highest BCUT2D eigenvalue weighted by atomic mass is 16.1. The predicted molar refractivity (Wildman–Crippen MR) is 108 cm³/mol. The first-order chi connectivity index (χ1) is 12.6. The number of rotatable bonds is 3. The minimum absolute atomic E-state index is 0.00684. The molecule has 0 saturated heterocycles. The first-order valence-corrected chi connectivity index (χ1v) is 8.83. The number of hydrogen-bond acceptors (Lipinski definition) is 2. The Balaban J connectivity index is 1.91. The van der Waals surface area contributed by atoms with Crippen LogP contribution in [-0.4, -0.2) is 14.1 Å². The van der Waals surface area contributed by atoms with Gasteiger partial charge in [-0.25, -0.2) is 4.98 Å². The molecule has 0 aliphatic carbocycles. The van der Waals surface area contributed by atoms with Crippen molar-refractivity contribution in [3.63, 3.8) is 0 Å². The van der Waals surface area contributed by atoms with Crippen molar-refractivity contribution in [2.75, 3.05) is 0 Å². The Bertz CT molecular complexity index is 1210. The van der Waals surface area contributed by atoms with Crippen molar-refractivity contribution in [3.8, 4) is 0 Å². The van der Waals surface area contributed by atoms with Gasteiger partial charge in [0, 0.05) is 35.8 Å². The molecule has 0 spiro atoms. The zero-order valence-electron chi connectivity index (χ0n) is 15.2. The van der Waals surface area contributed by atoms with Crippen molar-refractivity contribution >= 4 is 34.0 Å². The van der Waals surface area contributed by atoms with Gasteiger partial charge in [-0.15, -0.1) is 0 Å². The van der Waals surface area contributed by atoms with E-state index >= 15 is 0 Å². The molecule has 0 N–H and O–H groups in total. The van der Waals surface area contributed by atoms with Gasteiger partial charge in [-0.05, 0) is 44.2 Å². The lowest BCUT2D eigenvalue weighted by molar-refractivity contribution is 0.708. The zero-order chi connectivity index (χ0) is 18.3. The summed E-state index contributed by atoms with van der Waals surface area (Å²) in [7, 11) is 2.07. The lowest BCUT2D eigenvalue weighted by Gasteiger charge is -2.08. The Morgan fingerprint density at radius 1 is 1.00 bits per heavy atom. The smallest absolute Gasteiger partial charge is 0.261 e. The number of aromatic nitrogens is 3. The fourth-order valence-electron chi connectivity index (χ4n) is 3.54. The molecule has 0 bridgehead atoms. The highest BCUT2D eigenvalue weighted by molar-refractivity contribution is 5.93. The zero-order valence-corrected chi connectivity index (χ0v) is 15.2. The molecule has 2 aromatic heterocycles. The van der Waals surface area contributed by atoms with Gasteiger partial charge in [0.25, 0.3) is 5.56 Å². The third-order valence-corrected chi connectivity index (χ3v) is 5.05. The van der Waals surface area contributed by atoms with E-state index in [0.29, 0.717) is 17.8 Å². The summed E-state index contributed by atoms with van der Waals surface area (Å²) < 4.78 is 3.91. The SMILES string of the molecule is CCn1c(/C=C\c2c(C)n(C)c3ccccc23)nc2ccccc2c1=O. The highest BCUT2D eigenvalue weighted by Gasteiger charge is 2.10. The van der Waals surface area contributed by atoms with Crippen molar-refractivity contribution in [1.29, 1.82) is 0 Å². The van der Waals surface area contributed by atoms with Crippen LogP contribution in [0.1, 0.15) is 24.0 Å². The van der Waals surface area contributed by atoms with Crippen LogP contribution in [0.3, 0.4) is 0 Å². The maximum Gasteiger partial charge on any atom is 0.261 e. The highest BCUT2D eigenvalue weighted by Crippen LogP contribution is 2.26. The van der Waals surface area contributed by atoms with Crippen LogP contribution in [-0.2, 0) is 13.6 Å². The van der Waals surface area contributed by atoms with Crippen LogP contribution in [0.5, 0.6) is 0 Å². The number of aryl methyl sites for hydroxylation is 1. The second kappa shape index (κ2) is 6.30. The van der Waals surface area contributed by atoms with Gasteiger partial charge >= 0.3 is 0 Å². The molecule has 130 valence electrons. The summed E-state index contributed by atoms with van der Waals surface area (Å²) in [6.07, 6.45) is 4.02. The maximum absolute atomic E-state index is 12.8. The van der Waals surface area contributed by atoms with E-state index in [-0.39, 0.29) is 5.56 Å².